The molecule has 0 spiro atoms. The van der Waals surface area contributed by atoms with Crippen LogP contribution in [0.1, 0.15) is 23.2 Å². The molecule has 1 rings (SSSR count). The number of carbonyl (C=O) groups excluding carboxylic acids is 1. The maximum absolute atomic E-state index is 13.4. The number of halogens is 1. The minimum Gasteiger partial charge on any atom is -0.494 e. The molecule has 0 atom stereocenters. The van der Waals surface area contributed by atoms with Gasteiger partial charge in [0.1, 0.15) is 6.61 Å². The fraction of sp³-hybridized carbons (Fsp3) is 0.357. The number of hydrogen-bond acceptors (Lipinski definition) is 3. The van der Waals surface area contributed by atoms with Gasteiger partial charge in [-0.2, -0.15) is 0 Å². The van der Waals surface area contributed by atoms with Gasteiger partial charge in [0.05, 0.1) is 7.11 Å². The molecule has 98 valence electrons. The molecule has 18 heavy (non-hydrogen) atoms. The molecule has 1 aromatic rings. The molecular formula is C14H17FO3. The van der Waals surface area contributed by atoms with Crippen molar-refractivity contribution in [1.82, 2.24) is 0 Å². The van der Waals surface area contributed by atoms with E-state index in [2.05, 4.69) is 6.58 Å². The predicted molar refractivity (Wildman–Crippen MR) is 67.5 cm³/mol. The van der Waals surface area contributed by atoms with E-state index in [4.69, 9.17) is 9.47 Å². The number of unbranched alkanes of at least 4 members (excludes halogenated alkanes) is 1. The lowest BCUT2D eigenvalue weighted by Crippen LogP contribution is -2.10. The van der Waals surface area contributed by atoms with Crippen LogP contribution in [0, 0.1) is 5.82 Å². The van der Waals surface area contributed by atoms with Crippen LogP contribution in [0.3, 0.4) is 0 Å². The Bertz CT molecular complexity index is 416. The van der Waals surface area contributed by atoms with Gasteiger partial charge >= 0.3 is 0 Å². The minimum absolute atomic E-state index is 0.0388. The van der Waals surface area contributed by atoms with E-state index in [1.807, 2.05) is 0 Å². The molecule has 0 aromatic heterocycles. The van der Waals surface area contributed by atoms with Gasteiger partial charge < -0.3 is 9.47 Å². The van der Waals surface area contributed by atoms with Crippen molar-refractivity contribution in [2.75, 3.05) is 20.3 Å². The van der Waals surface area contributed by atoms with Crippen LogP contribution in [0.2, 0.25) is 0 Å². The van der Waals surface area contributed by atoms with Crippen molar-refractivity contribution in [2.24, 2.45) is 0 Å². The molecule has 0 N–H and O–H groups in total. The van der Waals surface area contributed by atoms with E-state index in [9.17, 15) is 9.18 Å². The number of allylic oxidation sites excluding steroid dienone is 1. The van der Waals surface area contributed by atoms with Gasteiger partial charge in [0.15, 0.2) is 17.3 Å². The monoisotopic (exact) mass is 252 g/mol. The molecule has 0 aliphatic heterocycles. The third-order valence-electron chi connectivity index (χ3n) is 2.40. The summed E-state index contributed by atoms with van der Waals surface area (Å²) in [6.07, 6.45) is 3.48. The molecule has 0 saturated heterocycles. The zero-order chi connectivity index (χ0) is 13.4. The summed E-state index contributed by atoms with van der Waals surface area (Å²) in [4.78, 5) is 11.7. The van der Waals surface area contributed by atoms with Crippen LogP contribution in [0.25, 0.3) is 0 Å². The Labute approximate surface area is 106 Å². The highest BCUT2D eigenvalue weighted by atomic mass is 19.1. The smallest absolute Gasteiger partial charge is 0.188 e. The van der Waals surface area contributed by atoms with E-state index >= 15 is 0 Å². The lowest BCUT2D eigenvalue weighted by molar-refractivity contribution is 0.0756. The number of carbonyl (C=O) groups is 1. The second kappa shape index (κ2) is 7.61. The van der Waals surface area contributed by atoms with Gasteiger partial charge in [-0.25, -0.2) is 4.39 Å². The number of hydrogen-bond donors (Lipinski definition) is 0. The molecular weight excluding hydrogens is 235 g/mol. The first-order valence-corrected chi connectivity index (χ1v) is 5.74. The minimum atomic E-state index is -0.546. The highest BCUT2D eigenvalue weighted by molar-refractivity contribution is 5.97. The first kappa shape index (κ1) is 14.4. The fourth-order valence-electron chi connectivity index (χ4n) is 1.42. The highest BCUT2D eigenvalue weighted by Crippen LogP contribution is 2.17. The summed E-state index contributed by atoms with van der Waals surface area (Å²) in [5, 5.41) is 0. The zero-order valence-electron chi connectivity index (χ0n) is 10.4. The van der Waals surface area contributed by atoms with Gasteiger partial charge in [-0.05, 0) is 31.0 Å². The van der Waals surface area contributed by atoms with Gasteiger partial charge in [0.2, 0.25) is 0 Å². The van der Waals surface area contributed by atoms with Gasteiger partial charge in [-0.1, -0.05) is 6.08 Å². The standard InChI is InChI=1S/C14H17FO3/c1-3-4-5-8-18-10-13(16)11-6-7-14(17-2)12(15)9-11/h3,6-7,9H,1,4-5,8,10H2,2H3. The van der Waals surface area contributed by atoms with Crippen molar-refractivity contribution in [3.05, 3.63) is 42.2 Å². The summed E-state index contributed by atoms with van der Waals surface area (Å²) in [5.74, 6) is -0.663. The Balaban J connectivity index is 2.46. The van der Waals surface area contributed by atoms with E-state index in [0.29, 0.717) is 6.61 Å². The summed E-state index contributed by atoms with van der Waals surface area (Å²) >= 11 is 0. The third-order valence-corrected chi connectivity index (χ3v) is 2.40. The molecule has 0 aliphatic carbocycles. The number of ether oxygens (including phenoxy) is 2. The molecule has 4 heteroatoms. The van der Waals surface area contributed by atoms with Gasteiger partial charge in [0.25, 0.3) is 0 Å². The summed E-state index contributed by atoms with van der Waals surface area (Å²) in [5.41, 5.74) is 0.289. The second-order valence-corrected chi connectivity index (χ2v) is 3.76. The Kier molecular flexibility index (Phi) is 6.08. The van der Waals surface area contributed by atoms with Crippen LogP contribution >= 0.6 is 0 Å². The summed E-state index contributed by atoms with van der Waals surface area (Å²) < 4.78 is 23.3. The van der Waals surface area contributed by atoms with Gasteiger partial charge in [-0.15, -0.1) is 6.58 Å². The molecule has 0 amide bonds. The molecule has 0 fully saturated rings. The molecule has 1 aromatic carbocycles. The normalized spacial score (nSPS) is 10.1. The highest BCUT2D eigenvalue weighted by Gasteiger charge is 2.10. The van der Waals surface area contributed by atoms with E-state index < -0.39 is 5.82 Å². The van der Waals surface area contributed by atoms with E-state index in [1.54, 1.807) is 6.08 Å². The van der Waals surface area contributed by atoms with Crippen LogP contribution < -0.4 is 4.74 Å². The van der Waals surface area contributed by atoms with E-state index in [0.717, 1.165) is 18.9 Å². The van der Waals surface area contributed by atoms with Crippen LogP contribution in [0.15, 0.2) is 30.9 Å². The maximum atomic E-state index is 13.4. The number of rotatable bonds is 8. The number of methoxy groups -OCH3 is 1. The van der Waals surface area contributed by atoms with Crippen molar-refractivity contribution >= 4 is 5.78 Å². The average molecular weight is 252 g/mol. The van der Waals surface area contributed by atoms with Crippen molar-refractivity contribution in [2.45, 2.75) is 12.8 Å². The van der Waals surface area contributed by atoms with Crippen molar-refractivity contribution in [3.63, 3.8) is 0 Å². The van der Waals surface area contributed by atoms with Crippen molar-refractivity contribution in [1.29, 1.82) is 0 Å². The Morgan fingerprint density at radius 1 is 1.50 bits per heavy atom. The largest absolute Gasteiger partial charge is 0.494 e. The first-order valence-electron chi connectivity index (χ1n) is 5.74. The molecule has 3 nitrogen and oxygen atoms in total. The van der Waals surface area contributed by atoms with Crippen molar-refractivity contribution < 1.29 is 18.7 Å². The lowest BCUT2D eigenvalue weighted by Gasteiger charge is -2.05. The second-order valence-electron chi connectivity index (χ2n) is 3.76. The van der Waals surface area contributed by atoms with Gasteiger partial charge in [-0.3, -0.25) is 4.79 Å². The molecule has 0 unspecified atom stereocenters. The maximum Gasteiger partial charge on any atom is 0.188 e. The predicted octanol–water partition coefficient (Wildman–Crippen LogP) is 3.00. The fourth-order valence-corrected chi connectivity index (χ4v) is 1.42. The van der Waals surface area contributed by atoms with E-state index in [-0.39, 0.29) is 23.7 Å². The molecule has 0 saturated carbocycles. The first-order chi connectivity index (χ1) is 8.69. The van der Waals surface area contributed by atoms with Crippen LogP contribution in [0.4, 0.5) is 4.39 Å². The molecule has 0 bridgehead atoms. The molecule has 0 aliphatic rings. The van der Waals surface area contributed by atoms with Gasteiger partial charge in [0, 0.05) is 12.2 Å². The zero-order valence-corrected chi connectivity index (χ0v) is 10.4. The quantitative estimate of drug-likeness (QED) is 0.405. The SMILES string of the molecule is C=CCCCOCC(=O)c1ccc(OC)c(F)c1. The summed E-state index contributed by atoms with van der Waals surface area (Å²) in [6.45, 7) is 4.05. The molecule has 0 heterocycles. The van der Waals surface area contributed by atoms with Crippen LogP contribution in [0.5, 0.6) is 5.75 Å². The number of ketones is 1. The Morgan fingerprint density at radius 3 is 2.89 bits per heavy atom. The topological polar surface area (TPSA) is 35.5 Å². The van der Waals surface area contributed by atoms with Crippen LogP contribution in [-0.4, -0.2) is 26.1 Å². The van der Waals surface area contributed by atoms with Crippen LogP contribution in [-0.2, 0) is 4.74 Å². The lowest BCUT2D eigenvalue weighted by atomic mass is 10.1. The number of benzene rings is 1. The van der Waals surface area contributed by atoms with E-state index in [1.165, 1.54) is 19.2 Å². The molecule has 0 radical (unpaired) electrons. The van der Waals surface area contributed by atoms with Crippen molar-refractivity contribution in [3.8, 4) is 5.75 Å². The average Bonchev–Trinajstić information content (AvgIpc) is 2.38. The summed E-state index contributed by atoms with van der Waals surface area (Å²) in [7, 11) is 1.38. The summed E-state index contributed by atoms with van der Waals surface area (Å²) in [6, 6.07) is 4.12. The Hall–Kier alpha value is -1.68. The Morgan fingerprint density at radius 2 is 2.28 bits per heavy atom. The third kappa shape index (κ3) is 4.30. The number of Topliss-reactive ketones (excluding diaryl/α,β-unsaturated/α-hetero) is 1.